The summed E-state index contributed by atoms with van der Waals surface area (Å²) in [5.41, 5.74) is -0.798. The maximum atomic E-state index is 13.0. The number of para-hydroxylation sites is 1. The molecular formula is C18H26ClF3N2O2. The van der Waals surface area contributed by atoms with Crippen molar-refractivity contribution in [1.29, 1.82) is 0 Å². The predicted molar refractivity (Wildman–Crippen MR) is 96.6 cm³/mol. The van der Waals surface area contributed by atoms with Crippen LogP contribution in [0.4, 0.5) is 13.2 Å². The Balaban J connectivity index is 0.00000338. The van der Waals surface area contributed by atoms with Crippen LogP contribution in [-0.2, 0) is 11.0 Å². The number of halogens is 4. The van der Waals surface area contributed by atoms with Crippen LogP contribution in [0.5, 0.6) is 5.75 Å². The Morgan fingerprint density at radius 1 is 1.38 bits per heavy atom. The third-order valence-electron chi connectivity index (χ3n) is 4.41. The summed E-state index contributed by atoms with van der Waals surface area (Å²) in [7, 11) is 0. The molecule has 0 aliphatic carbocycles. The Morgan fingerprint density at radius 2 is 2.12 bits per heavy atom. The first-order valence-electron chi connectivity index (χ1n) is 8.70. The van der Waals surface area contributed by atoms with Gasteiger partial charge in [0.25, 0.3) is 0 Å². The van der Waals surface area contributed by atoms with Crippen LogP contribution in [-0.4, -0.2) is 31.6 Å². The Hall–Kier alpha value is -1.47. The minimum atomic E-state index is -4.46. The molecule has 1 heterocycles. The van der Waals surface area contributed by atoms with Crippen molar-refractivity contribution < 1.29 is 22.7 Å². The summed E-state index contributed by atoms with van der Waals surface area (Å²) in [5.74, 6) is 0.244. The zero-order valence-electron chi connectivity index (χ0n) is 14.8. The molecule has 26 heavy (non-hydrogen) atoms. The predicted octanol–water partition coefficient (Wildman–Crippen LogP) is 3.79. The van der Waals surface area contributed by atoms with Crippen molar-refractivity contribution in [2.45, 2.75) is 44.9 Å². The van der Waals surface area contributed by atoms with E-state index in [0.717, 1.165) is 32.0 Å². The fraction of sp³-hybridized carbons (Fsp3) is 0.611. The quantitative estimate of drug-likeness (QED) is 0.705. The van der Waals surface area contributed by atoms with Crippen LogP contribution in [0.15, 0.2) is 24.3 Å². The number of alkyl halides is 3. The van der Waals surface area contributed by atoms with Crippen molar-refractivity contribution in [3.8, 4) is 5.75 Å². The molecule has 0 aromatic heterocycles. The minimum Gasteiger partial charge on any atom is -0.488 e. The number of hydrogen-bond donors (Lipinski definition) is 2. The lowest BCUT2D eigenvalue weighted by molar-refractivity contribution is -0.139. The van der Waals surface area contributed by atoms with E-state index < -0.39 is 17.8 Å². The standard InChI is InChI=1S/C18H25F3N2O2.ClH/c1-2-14(12-23-17(24)8-7-13-9-10-22-11-13)25-16-6-4-3-5-15(16)18(19,20)21;/h3-6,13-14,22H,2,7-12H2,1H3,(H,23,24);1H. The number of amides is 1. The maximum Gasteiger partial charge on any atom is 0.419 e. The second kappa shape index (κ2) is 10.6. The maximum absolute atomic E-state index is 13.0. The second-order valence-electron chi connectivity index (χ2n) is 6.34. The Bertz CT molecular complexity index is 564. The molecular weight excluding hydrogens is 369 g/mol. The molecule has 2 atom stereocenters. The van der Waals surface area contributed by atoms with E-state index >= 15 is 0 Å². The van der Waals surface area contributed by atoms with E-state index in [1.807, 2.05) is 6.92 Å². The number of ether oxygens (including phenoxy) is 1. The lowest BCUT2D eigenvalue weighted by Crippen LogP contribution is -2.35. The normalized spacial score (nSPS) is 18.1. The largest absolute Gasteiger partial charge is 0.488 e. The van der Waals surface area contributed by atoms with Crippen LogP contribution < -0.4 is 15.4 Å². The van der Waals surface area contributed by atoms with Gasteiger partial charge in [0.15, 0.2) is 0 Å². The van der Waals surface area contributed by atoms with Gasteiger partial charge in [-0.3, -0.25) is 4.79 Å². The van der Waals surface area contributed by atoms with E-state index in [1.54, 1.807) is 0 Å². The summed E-state index contributed by atoms with van der Waals surface area (Å²) in [6.45, 7) is 3.96. The van der Waals surface area contributed by atoms with Crippen molar-refractivity contribution >= 4 is 18.3 Å². The van der Waals surface area contributed by atoms with Gasteiger partial charge in [0.1, 0.15) is 11.9 Å². The molecule has 1 saturated heterocycles. The average Bonchev–Trinajstić information content (AvgIpc) is 3.09. The molecule has 1 aromatic rings. The van der Waals surface area contributed by atoms with Gasteiger partial charge in [0.2, 0.25) is 5.91 Å². The molecule has 0 bridgehead atoms. The van der Waals surface area contributed by atoms with Crippen LogP contribution in [0.3, 0.4) is 0 Å². The van der Waals surface area contributed by atoms with Crippen molar-refractivity contribution in [2.24, 2.45) is 5.92 Å². The first-order chi connectivity index (χ1) is 11.9. The van der Waals surface area contributed by atoms with Gasteiger partial charge >= 0.3 is 6.18 Å². The summed E-state index contributed by atoms with van der Waals surface area (Å²) in [6.07, 6.45) is -2.12. The fourth-order valence-corrected chi connectivity index (χ4v) is 2.86. The summed E-state index contributed by atoms with van der Waals surface area (Å²) in [4.78, 5) is 11.9. The summed E-state index contributed by atoms with van der Waals surface area (Å²) < 4.78 is 44.5. The van der Waals surface area contributed by atoms with Crippen LogP contribution in [0, 0.1) is 5.92 Å². The number of hydrogen-bond acceptors (Lipinski definition) is 3. The van der Waals surface area contributed by atoms with E-state index in [2.05, 4.69) is 10.6 Å². The Kier molecular flexibility index (Phi) is 9.22. The van der Waals surface area contributed by atoms with E-state index in [0.29, 0.717) is 18.8 Å². The molecule has 4 nitrogen and oxygen atoms in total. The van der Waals surface area contributed by atoms with Crippen LogP contribution in [0.25, 0.3) is 0 Å². The molecule has 1 fully saturated rings. The molecule has 1 aromatic carbocycles. The van der Waals surface area contributed by atoms with Gasteiger partial charge in [0, 0.05) is 6.42 Å². The molecule has 0 radical (unpaired) electrons. The summed E-state index contributed by atoms with van der Waals surface area (Å²) in [5, 5.41) is 6.03. The number of rotatable bonds is 8. The van der Waals surface area contributed by atoms with E-state index in [4.69, 9.17) is 4.74 Å². The molecule has 0 saturated carbocycles. The second-order valence-corrected chi connectivity index (χ2v) is 6.34. The number of carbonyl (C=O) groups is 1. The SMILES string of the molecule is CCC(CNC(=O)CCC1CCNC1)Oc1ccccc1C(F)(F)F.Cl. The Labute approximate surface area is 158 Å². The highest BCUT2D eigenvalue weighted by Gasteiger charge is 2.34. The number of nitrogens with one attached hydrogen (secondary N) is 2. The van der Waals surface area contributed by atoms with Gasteiger partial charge in [-0.25, -0.2) is 0 Å². The average molecular weight is 395 g/mol. The summed E-state index contributed by atoms with van der Waals surface area (Å²) in [6, 6.07) is 5.14. The molecule has 2 N–H and O–H groups in total. The minimum absolute atomic E-state index is 0. The van der Waals surface area contributed by atoms with Gasteiger partial charge in [-0.2, -0.15) is 13.2 Å². The lowest BCUT2D eigenvalue weighted by atomic mass is 10.0. The topological polar surface area (TPSA) is 50.4 Å². The zero-order chi connectivity index (χ0) is 18.3. The molecule has 148 valence electrons. The monoisotopic (exact) mass is 394 g/mol. The highest BCUT2D eigenvalue weighted by Crippen LogP contribution is 2.36. The van der Waals surface area contributed by atoms with Gasteiger partial charge in [-0.1, -0.05) is 19.1 Å². The Morgan fingerprint density at radius 3 is 2.73 bits per heavy atom. The lowest BCUT2D eigenvalue weighted by Gasteiger charge is -2.21. The van der Waals surface area contributed by atoms with Crippen molar-refractivity contribution in [1.82, 2.24) is 10.6 Å². The first kappa shape index (κ1) is 22.6. The van der Waals surface area contributed by atoms with Crippen molar-refractivity contribution in [3.05, 3.63) is 29.8 Å². The van der Waals surface area contributed by atoms with Crippen LogP contribution >= 0.6 is 12.4 Å². The molecule has 2 unspecified atom stereocenters. The highest BCUT2D eigenvalue weighted by atomic mass is 35.5. The molecule has 1 aliphatic rings. The molecule has 2 rings (SSSR count). The van der Waals surface area contributed by atoms with E-state index in [9.17, 15) is 18.0 Å². The van der Waals surface area contributed by atoms with Crippen LogP contribution in [0.1, 0.15) is 38.2 Å². The van der Waals surface area contributed by atoms with E-state index in [1.165, 1.54) is 18.2 Å². The van der Waals surface area contributed by atoms with Gasteiger partial charge in [-0.15, -0.1) is 12.4 Å². The van der Waals surface area contributed by atoms with Gasteiger partial charge in [0.05, 0.1) is 12.1 Å². The van der Waals surface area contributed by atoms with E-state index in [-0.39, 0.29) is 30.6 Å². The van der Waals surface area contributed by atoms with Crippen LogP contribution in [0.2, 0.25) is 0 Å². The zero-order valence-corrected chi connectivity index (χ0v) is 15.6. The van der Waals surface area contributed by atoms with Crippen molar-refractivity contribution in [3.63, 3.8) is 0 Å². The third-order valence-corrected chi connectivity index (χ3v) is 4.41. The first-order valence-corrected chi connectivity index (χ1v) is 8.70. The molecule has 1 aliphatic heterocycles. The number of benzene rings is 1. The third kappa shape index (κ3) is 7.03. The van der Waals surface area contributed by atoms with Gasteiger partial charge < -0.3 is 15.4 Å². The number of carbonyl (C=O) groups excluding carboxylic acids is 1. The molecule has 8 heteroatoms. The summed E-state index contributed by atoms with van der Waals surface area (Å²) >= 11 is 0. The molecule has 1 amide bonds. The van der Waals surface area contributed by atoms with Crippen molar-refractivity contribution in [2.75, 3.05) is 19.6 Å². The van der Waals surface area contributed by atoms with Gasteiger partial charge in [-0.05, 0) is 50.4 Å². The smallest absolute Gasteiger partial charge is 0.419 e. The molecule has 0 spiro atoms. The fourth-order valence-electron chi connectivity index (χ4n) is 2.86. The highest BCUT2D eigenvalue weighted by molar-refractivity contribution is 5.85.